The average Bonchev–Trinajstić information content (AvgIpc) is 2.55. The van der Waals surface area contributed by atoms with Crippen molar-refractivity contribution in [2.45, 2.75) is 26.2 Å². The van der Waals surface area contributed by atoms with Gasteiger partial charge in [-0.15, -0.1) is 5.10 Å². The minimum Gasteiger partial charge on any atom is -0.339 e. The van der Waals surface area contributed by atoms with Gasteiger partial charge in [0.1, 0.15) is 5.82 Å². The molecule has 3 aromatic rings. The molecule has 0 saturated carbocycles. The van der Waals surface area contributed by atoms with E-state index in [1.807, 2.05) is 12.1 Å². The summed E-state index contributed by atoms with van der Waals surface area (Å²) in [5.74, 6) is 0.531. The smallest absolute Gasteiger partial charge is 0.249 e. The number of nitrogens with one attached hydrogen (secondary N) is 2. The van der Waals surface area contributed by atoms with Gasteiger partial charge < -0.3 is 10.6 Å². The fourth-order valence-corrected chi connectivity index (χ4v) is 2.31. The Kier molecular flexibility index (Phi) is 4.61. The van der Waals surface area contributed by atoms with Gasteiger partial charge in [-0.1, -0.05) is 39.0 Å². The summed E-state index contributed by atoms with van der Waals surface area (Å²) in [4.78, 5) is 4.35. The van der Waals surface area contributed by atoms with E-state index in [4.69, 9.17) is 0 Å². The van der Waals surface area contributed by atoms with Crippen molar-refractivity contribution in [2.24, 2.45) is 0 Å². The van der Waals surface area contributed by atoms with Crippen LogP contribution in [-0.4, -0.2) is 15.2 Å². The van der Waals surface area contributed by atoms with Gasteiger partial charge in [-0.3, -0.25) is 0 Å². The van der Waals surface area contributed by atoms with Crippen molar-refractivity contribution in [2.75, 3.05) is 10.6 Å². The van der Waals surface area contributed by atoms with Crippen molar-refractivity contribution < 1.29 is 4.39 Å². The fourth-order valence-electron chi connectivity index (χ4n) is 2.31. The molecule has 0 aliphatic rings. The van der Waals surface area contributed by atoms with Crippen LogP contribution < -0.4 is 10.6 Å². The van der Waals surface area contributed by atoms with Crippen molar-refractivity contribution in [1.82, 2.24) is 15.2 Å². The van der Waals surface area contributed by atoms with Crippen LogP contribution in [-0.2, 0) is 5.41 Å². The molecule has 0 saturated heterocycles. The van der Waals surface area contributed by atoms with E-state index in [9.17, 15) is 4.39 Å². The van der Waals surface area contributed by atoms with Crippen LogP contribution in [0.3, 0.4) is 0 Å². The molecule has 0 aliphatic heterocycles. The largest absolute Gasteiger partial charge is 0.339 e. The maximum atomic E-state index is 13.3. The first kappa shape index (κ1) is 16.8. The van der Waals surface area contributed by atoms with E-state index in [2.05, 4.69) is 58.7 Å². The lowest BCUT2D eigenvalue weighted by molar-refractivity contribution is 0.590. The number of benzene rings is 2. The van der Waals surface area contributed by atoms with E-state index >= 15 is 0 Å². The quantitative estimate of drug-likeness (QED) is 0.716. The number of halogens is 1. The van der Waals surface area contributed by atoms with Gasteiger partial charge in [0.25, 0.3) is 0 Å². The van der Waals surface area contributed by atoms with Gasteiger partial charge in [-0.25, -0.2) is 4.39 Å². The highest BCUT2D eigenvalue weighted by molar-refractivity contribution is 5.58. The third-order valence-electron chi connectivity index (χ3n) is 3.66. The van der Waals surface area contributed by atoms with Crippen LogP contribution in [0.1, 0.15) is 26.3 Å². The molecule has 128 valence electrons. The summed E-state index contributed by atoms with van der Waals surface area (Å²) in [7, 11) is 0. The van der Waals surface area contributed by atoms with Crippen molar-refractivity contribution in [1.29, 1.82) is 0 Å². The SMILES string of the molecule is CC(C)(C)c1ccc(Nc2nncc(Nc3cccc(F)c3)n2)cc1. The monoisotopic (exact) mass is 337 g/mol. The summed E-state index contributed by atoms with van der Waals surface area (Å²) in [6.07, 6.45) is 1.48. The fraction of sp³-hybridized carbons (Fsp3) is 0.211. The van der Waals surface area contributed by atoms with E-state index in [0.717, 1.165) is 5.69 Å². The van der Waals surface area contributed by atoms with Gasteiger partial charge in [0.2, 0.25) is 5.95 Å². The van der Waals surface area contributed by atoms with Crippen LogP contribution >= 0.6 is 0 Å². The van der Waals surface area contributed by atoms with Crippen LogP contribution in [0.25, 0.3) is 0 Å². The Morgan fingerprint density at radius 1 is 0.920 bits per heavy atom. The molecule has 0 spiro atoms. The Hall–Kier alpha value is -3.02. The molecule has 0 radical (unpaired) electrons. The average molecular weight is 337 g/mol. The van der Waals surface area contributed by atoms with E-state index in [-0.39, 0.29) is 11.2 Å². The summed E-state index contributed by atoms with van der Waals surface area (Å²) in [6.45, 7) is 6.51. The molecule has 0 bridgehead atoms. The summed E-state index contributed by atoms with van der Waals surface area (Å²) in [5.41, 5.74) is 2.82. The molecule has 0 aliphatic carbocycles. The zero-order chi connectivity index (χ0) is 17.9. The highest BCUT2D eigenvalue weighted by atomic mass is 19.1. The molecule has 2 N–H and O–H groups in total. The van der Waals surface area contributed by atoms with Crippen LogP contribution in [0.4, 0.5) is 27.5 Å². The molecule has 1 aromatic heterocycles. The maximum absolute atomic E-state index is 13.3. The van der Waals surface area contributed by atoms with Gasteiger partial charge in [-0.05, 0) is 41.3 Å². The summed E-state index contributed by atoms with van der Waals surface area (Å²) in [5, 5.41) is 14.0. The van der Waals surface area contributed by atoms with E-state index in [0.29, 0.717) is 17.5 Å². The molecule has 0 atom stereocenters. The Labute approximate surface area is 146 Å². The molecule has 25 heavy (non-hydrogen) atoms. The Morgan fingerprint density at radius 3 is 2.36 bits per heavy atom. The lowest BCUT2D eigenvalue weighted by atomic mass is 9.87. The molecule has 5 nitrogen and oxygen atoms in total. The molecule has 0 unspecified atom stereocenters. The van der Waals surface area contributed by atoms with E-state index in [1.54, 1.807) is 12.1 Å². The Bertz CT molecular complexity index is 856. The zero-order valence-electron chi connectivity index (χ0n) is 14.4. The predicted molar refractivity (Wildman–Crippen MR) is 97.9 cm³/mol. The number of aromatic nitrogens is 3. The first-order chi connectivity index (χ1) is 11.9. The molecule has 0 fully saturated rings. The number of anilines is 4. The summed E-state index contributed by atoms with van der Waals surface area (Å²) in [6, 6.07) is 14.3. The molecule has 2 aromatic carbocycles. The lowest BCUT2D eigenvalue weighted by Crippen LogP contribution is -2.10. The number of hydrogen-bond donors (Lipinski definition) is 2. The maximum Gasteiger partial charge on any atom is 0.249 e. The standard InChI is InChI=1S/C19H20FN5/c1-19(2,3)13-7-9-15(10-8-13)23-18-24-17(12-21-25-18)22-16-6-4-5-14(20)11-16/h4-12H,1-3H3,(H2,22,23,24,25). The molecule has 0 amide bonds. The lowest BCUT2D eigenvalue weighted by Gasteiger charge is -2.19. The van der Waals surface area contributed by atoms with Crippen LogP contribution in [0.15, 0.2) is 54.7 Å². The van der Waals surface area contributed by atoms with Crippen LogP contribution in [0, 0.1) is 5.82 Å². The minimum absolute atomic E-state index is 0.103. The molecular weight excluding hydrogens is 317 g/mol. The van der Waals surface area contributed by atoms with E-state index < -0.39 is 0 Å². The highest BCUT2D eigenvalue weighted by Gasteiger charge is 2.13. The summed E-state index contributed by atoms with van der Waals surface area (Å²) >= 11 is 0. The second kappa shape index (κ2) is 6.84. The molecular formula is C19H20FN5. The van der Waals surface area contributed by atoms with Crippen molar-refractivity contribution in [3.05, 3.63) is 66.1 Å². The molecule has 3 rings (SSSR count). The second-order valence-corrected chi connectivity index (χ2v) is 6.75. The number of hydrogen-bond acceptors (Lipinski definition) is 5. The molecule has 1 heterocycles. The molecule has 6 heteroatoms. The first-order valence-corrected chi connectivity index (χ1v) is 8.00. The van der Waals surface area contributed by atoms with Crippen molar-refractivity contribution in [3.8, 4) is 0 Å². The van der Waals surface area contributed by atoms with Crippen LogP contribution in [0.5, 0.6) is 0 Å². The normalized spacial score (nSPS) is 11.2. The third kappa shape index (κ3) is 4.50. The summed E-state index contributed by atoms with van der Waals surface area (Å²) < 4.78 is 13.3. The topological polar surface area (TPSA) is 62.7 Å². The van der Waals surface area contributed by atoms with Gasteiger partial charge in [0.15, 0.2) is 5.82 Å². The van der Waals surface area contributed by atoms with E-state index in [1.165, 1.54) is 23.9 Å². The van der Waals surface area contributed by atoms with Crippen molar-refractivity contribution >= 4 is 23.1 Å². The predicted octanol–water partition coefficient (Wildman–Crippen LogP) is 4.80. The van der Waals surface area contributed by atoms with Crippen molar-refractivity contribution in [3.63, 3.8) is 0 Å². The highest BCUT2D eigenvalue weighted by Crippen LogP contribution is 2.24. The first-order valence-electron chi connectivity index (χ1n) is 8.00. The zero-order valence-corrected chi connectivity index (χ0v) is 14.4. The number of nitrogens with zero attached hydrogens (tertiary/aromatic N) is 3. The second-order valence-electron chi connectivity index (χ2n) is 6.75. The van der Waals surface area contributed by atoms with Gasteiger partial charge in [0, 0.05) is 11.4 Å². The number of rotatable bonds is 4. The van der Waals surface area contributed by atoms with Gasteiger partial charge in [0.05, 0.1) is 6.20 Å². The van der Waals surface area contributed by atoms with Gasteiger partial charge in [-0.2, -0.15) is 10.1 Å². The van der Waals surface area contributed by atoms with Gasteiger partial charge >= 0.3 is 0 Å². The third-order valence-corrected chi connectivity index (χ3v) is 3.66. The van der Waals surface area contributed by atoms with Crippen LogP contribution in [0.2, 0.25) is 0 Å². The Morgan fingerprint density at radius 2 is 1.68 bits per heavy atom. The Balaban J connectivity index is 1.73. The minimum atomic E-state index is -0.315.